The van der Waals surface area contributed by atoms with E-state index in [-0.39, 0.29) is 22.2 Å². The van der Waals surface area contributed by atoms with Crippen LogP contribution in [0.5, 0.6) is 0 Å². The third-order valence-corrected chi connectivity index (χ3v) is 7.07. The molecule has 0 atom stereocenters. The molecular weight excluding hydrogens is 400 g/mol. The predicted octanol–water partition coefficient (Wildman–Crippen LogP) is 2.64. The zero-order valence-corrected chi connectivity index (χ0v) is 17.1. The van der Waals surface area contributed by atoms with Gasteiger partial charge in [0.15, 0.2) is 0 Å². The number of hydrogen-bond acceptors (Lipinski definition) is 6. The Hall–Kier alpha value is -2.23. The summed E-state index contributed by atoms with van der Waals surface area (Å²) in [6.07, 6.45) is 3.22. The van der Waals surface area contributed by atoms with Crippen molar-refractivity contribution in [3.8, 4) is 0 Å². The number of methoxy groups -OCH3 is 1. The van der Waals surface area contributed by atoms with Gasteiger partial charge < -0.3 is 9.64 Å². The number of amides is 1. The normalized spacial score (nSPS) is 14.7. The lowest BCUT2D eigenvalue weighted by molar-refractivity contribution is 0.0602. The number of carbonyl (C=O) groups excluding carboxylic acids is 2. The van der Waals surface area contributed by atoms with Gasteiger partial charge in [-0.25, -0.2) is 17.9 Å². The van der Waals surface area contributed by atoms with Gasteiger partial charge >= 0.3 is 5.97 Å². The highest BCUT2D eigenvalue weighted by atomic mass is 32.2. The Morgan fingerprint density at radius 1 is 1.11 bits per heavy atom. The first-order valence-electron chi connectivity index (χ1n) is 8.96. The predicted molar refractivity (Wildman–Crippen MR) is 106 cm³/mol. The number of esters is 1. The maximum atomic E-state index is 12.5. The first kappa shape index (κ1) is 20.5. The zero-order chi connectivity index (χ0) is 20.1. The lowest BCUT2D eigenvalue weighted by atomic mass is 10.1. The van der Waals surface area contributed by atoms with Crippen molar-refractivity contribution in [1.29, 1.82) is 0 Å². The van der Waals surface area contributed by atoms with E-state index in [2.05, 4.69) is 9.46 Å². The molecule has 1 aromatic carbocycles. The van der Waals surface area contributed by atoms with Gasteiger partial charge in [-0.05, 0) is 48.4 Å². The van der Waals surface area contributed by atoms with E-state index in [0.29, 0.717) is 11.1 Å². The van der Waals surface area contributed by atoms with Gasteiger partial charge in [0.05, 0.1) is 7.11 Å². The van der Waals surface area contributed by atoms with Crippen LogP contribution in [0.1, 0.15) is 44.9 Å². The second-order valence-electron chi connectivity index (χ2n) is 6.48. The molecular formula is C19H22N2O5S2. The lowest BCUT2D eigenvalue weighted by Crippen LogP contribution is -2.35. The van der Waals surface area contributed by atoms with Crippen LogP contribution in [0.15, 0.2) is 40.6 Å². The summed E-state index contributed by atoms with van der Waals surface area (Å²) >= 11 is 1.01. The molecule has 7 nitrogen and oxygen atoms in total. The highest BCUT2D eigenvalue weighted by Crippen LogP contribution is 2.23. The largest absolute Gasteiger partial charge is 0.465 e. The standard InChI is InChI=1S/C19H22N2O5S2/c1-26-19(23)17-16(9-12-27-17)28(24,25)20-13-14-5-7-15(8-6-14)18(22)21-10-3-2-4-11-21/h5-9,12,20H,2-4,10-11,13H2,1H3. The van der Waals surface area contributed by atoms with Crippen LogP contribution >= 0.6 is 11.3 Å². The Kier molecular flexibility index (Phi) is 6.48. The summed E-state index contributed by atoms with van der Waals surface area (Å²) in [5.41, 5.74) is 1.31. The van der Waals surface area contributed by atoms with E-state index in [4.69, 9.17) is 0 Å². The third kappa shape index (κ3) is 4.60. The first-order chi connectivity index (χ1) is 13.4. The molecule has 0 unspecified atom stereocenters. The van der Waals surface area contributed by atoms with Crippen LogP contribution in [0.2, 0.25) is 0 Å². The fraction of sp³-hybridized carbons (Fsp3) is 0.368. The summed E-state index contributed by atoms with van der Waals surface area (Å²) in [4.78, 5) is 26.0. The Balaban J connectivity index is 1.65. The van der Waals surface area contributed by atoms with Crippen molar-refractivity contribution in [2.75, 3.05) is 20.2 Å². The second kappa shape index (κ2) is 8.85. The molecule has 1 N–H and O–H groups in total. The molecule has 1 aliphatic rings. The number of benzene rings is 1. The van der Waals surface area contributed by atoms with Crippen molar-refractivity contribution < 1.29 is 22.7 Å². The number of carbonyl (C=O) groups is 2. The lowest BCUT2D eigenvalue weighted by Gasteiger charge is -2.26. The van der Waals surface area contributed by atoms with Crippen LogP contribution in [0.3, 0.4) is 0 Å². The second-order valence-corrected chi connectivity index (χ2v) is 9.13. The van der Waals surface area contributed by atoms with Gasteiger partial charge in [0.1, 0.15) is 9.77 Å². The number of nitrogens with zero attached hydrogens (tertiary/aromatic N) is 1. The summed E-state index contributed by atoms with van der Waals surface area (Å²) in [6, 6.07) is 8.26. The van der Waals surface area contributed by atoms with Gasteiger partial charge in [0.25, 0.3) is 5.91 Å². The van der Waals surface area contributed by atoms with E-state index < -0.39 is 16.0 Å². The zero-order valence-electron chi connectivity index (χ0n) is 15.5. The maximum absolute atomic E-state index is 12.5. The van der Waals surface area contributed by atoms with Crippen LogP contribution < -0.4 is 4.72 Å². The molecule has 1 fully saturated rings. The maximum Gasteiger partial charge on any atom is 0.349 e. The van der Waals surface area contributed by atoms with Crippen molar-refractivity contribution in [2.45, 2.75) is 30.7 Å². The molecule has 0 radical (unpaired) electrons. The Bertz CT molecular complexity index is 945. The summed E-state index contributed by atoms with van der Waals surface area (Å²) in [6.45, 7) is 1.62. The average Bonchev–Trinajstić information content (AvgIpc) is 3.23. The molecule has 2 aromatic rings. The Labute approximate surface area is 168 Å². The minimum atomic E-state index is -3.86. The average molecular weight is 423 g/mol. The Morgan fingerprint density at radius 2 is 1.79 bits per heavy atom. The van der Waals surface area contributed by atoms with E-state index in [0.717, 1.165) is 43.7 Å². The van der Waals surface area contributed by atoms with Crippen molar-refractivity contribution in [1.82, 2.24) is 9.62 Å². The summed E-state index contributed by atoms with van der Waals surface area (Å²) in [5, 5.41) is 1.53. The molecule has 1 aromatic heterocycles. The van der Waals surface area contributed by atoms with E-state index in [9.17, 15) is 18.0 Å². The molecule has 3 rings (SSSR count). The summed E-state index contributed by atoms with van der Waals surface area (Å²) in [5.74, 6) is -0.677. The molecule has 150 valence electrons. The number of thiophene rings is 1. The van der Waals surface area contributed by atoms with E-state index >= 15 is 0 Å². The fourth-order valence-electron chi connectivity index (χ4n) is 3.05. The van der Waals surface area contributed by atoms with Crippen LogP contribution in [0.25, 0.3) is 0 Å². The van der Waals surface area contributed by atoms with Gasteiger partial charge in [-0.15, -0.1) is 11.3 Å². The van der Waals surface area contributed by atoms with Crippen molar-refractivity contribution in [2.24, 2.45) is 0 Å². The number of rotatable bonds is 6. The van der Waals surface area contributed by atoms with E-state index in [1.54, 1.807) is 24.3 Å². The van der Waals surface area contributed by atoms with Crippen LogP contribution in [0, 0.1) is 0 Å². The number of likely N-dealkylation sites (tertiary alicyclic amines) is 1. The van der Waals surface area contributed by atoms with Gasteiger partial charge in [-0.1, -0.05) is 12.1 Å². The van der Waals surface area contributed by atoms with Crippen LogP contribution in [0.4, 0.5) is 0 Å². The molecule has 0 spiro atoms. The van der Waals surface area contributed by atoms with Gasteiger partial charge in [-0.3, -0.25) is 4.79 Å². The number of nitrogens with one attached hydrogen (secondary N) is 1. The number of sulfonamides is 1. The number of hydrogen-bond donors (Lipinski definition) is 1. The third-order valence-electron chi connectivity index (χ3n) is 4.60. The molecule has 2 heterocycles. The molecule has 9 heteroatoms. The van der Waals surface area contributed by atoms with Crippen molar-refractivity contribution in [3.63, 3.8) is 0 Å². The van der Waals surface area contributed by atoms with Crippen LogP contribution in [-0.2, 0) is 21.3 Å². The van der Waals surface area contributed by atoms with Gasteiger partial charge in [0.2, 0.25) is 10.0 Å². The minimum Gasteiger partial charge on any atom is -0.465 e. The summed E-state index contributed by atoms with van der Waals surface area (Å²) < 4.78 is 32.1. The first-order valence-corrected chi connectivity index (χ1v) is 11.3. The smallest absolute Gasteiger partial charge is 0.349 e. The topological polar surface area (TPSA) is 92.8 Å². The number of ether oxygens (including phenoxy) is 1. The fourth-order valence-corrected chi connectivity index (χ4v) is 5.40. The highest BCUT2D eigenvalue weighted by Gasteiger charge is 2.24. The van der Waals surface area contributed by atoms with Gasteiger partial charge in [0, 0.05) is 25.2 Å². The molecule has 0 bridgehead atoms. The molecule has 0 saturated carbocycles. The highest BCUT2D eigenvalue weighted by molar-refractivity contribution is 7.89. The van der Waals surface area contributed by atoms with Crippen LogP contribution in [-0.4, -0.2) is 45.4 Å². The van der Waals surface area contributed by atoms with Crippen molar-refractivity contribution >= 4 is 33.2 Å². The van der Waals surface area contributed by atoms with Crippen molar-refractivity contribution in [3.05, 3.63) is 51.7 Å². The minimum absolute atomic E-state index is 0.00724. The van der Waals surface area contributed by atoms with E-state index in [1.165, 1.54) is 18.6 Å². The van der Waals surface area contributed by atoms with E-state index in [1.807, 2.05) is 4.90 Å². The molecule has 1 saturated heterocycles. The number of piperidine rings is 1. The summed E-state index contributed by atoms with van der Waals surface area (Å²) in [7, 11) is -2.65. The van der Waals surface area contributed by atoms with Gasteiger partial charge in [-0.2, -0.15) is 0 Å². The Morgan fingerprint density at radius 3 is 2.43 bits per heavy atom. The monoisotopic (exact) mass is 422 g/mol. The molecule has 28 heavy (non-hydrogen) atoms. The SMILES string of the molecule is COC(=O)c1sccc1S(=O)(=O)NCc1ccc(C(=O)N2CCCCC2)cc1. The quantitative estimate of drug-likeness (QED) is 0.723. The molecule has 1 aliphatic heterocycles. The molecule has 0 aliphatic carbocycles. The molecule has 1 amide bonds.